The van der Waals surface area contributed by atoms with Gasteiger partial charge in [0, 0.05) is 12.3 Å². The summed E-state index contributed by atoms with van der Waals surface area (Å²) in [6, 6.07) is 18.7. The summed E-state index contributed by atoms with van der Waals surface area (Å²) in [5.74, 6) is 0.944. The highest BCUT2D eigenvalue weighted by atomic mass is 16.5. The zero-order chi connectivity index (χ0) is 21.3. The molecule has 3 rings (SSSR count). The van der Waals surface area contributed by atoms with Gasteiger partial charge in [0.2, 0.25) is 5.91 Å². The predicted octanol–water partition coefficient (Wildman–Crippen LogP) is 4.92. The molecule has 1 amide bonds. The van der Waals surface area contributed by atoms with Gasteiger partial charge in [0.25, 0.3) is 0 Å². The van der Waals surface area contributed by atoms with E-state index in [9.17, 15) is 9.59 Å². The van der Waals surface area contributed by atoms with Gasteiger partial charge in [0.15, 0.2) is 0 Å². The third-order valence-corrected chi connectivity index (χ3v) is 6.19. The van der Waals surface area contributed by atoms with Crippen molar-refractivity contribution in [1.29, 1.82) is 0 Å². The normalized spacial score (nSPS) is 19.8. The van der Waals surface area contributed by atoms with E-state index in [-0.39, 0.29) is 24.4 Å². The monoisotopic (exact) mass is 407 g/mol. The number of benzene rings is 2. The topological polar surface area (TPSA) is 55.4 Å². The number of amides is 1. The van der Waals surface area contributed by atoms with Crippen LogP contribution < -0.4 is 5.32 Å². The smallest absolute Gasteiger partial charge is 0.329 e. The Hall–Kier alpha value is -2.62. The fourth-order valence-corrected chi connectivity index (χ4v) is 4.21. The van der Waals surface area contributed by atoms with Gasteiger partial charge in [-0.3, -0.25) is 4.79 Å². The van der Waals surface area contributed by atoms with Crippen LogP contribution in [-0.2, 0) is 27.4 Å². The summed E-state index contributed by atoms with van der Waals surface area (Å²) in [4.78, 5) is 25.8. The van der Waals surface area contributed by atoms with Crippen molar-refractivity contribution in [2.45, 2.75) is 58.6 Å². The van der Waals surface area contributed by atoms with Crippen LogP contribution >= 0.6 is 0 Å². The van der Waals surface area contributed by atoms with Crippen molar-refractivity contribution >= 4 is 11.9 Å². The first kappa shape index (κ1) is 22.1. The van der Waals surface area contributed by atoms with Crippen LogP contribution in [0.4, 0.5) is 0 Å². The molecule has 0 bridgehead atoms. The second kappa shape index (κ2) is 11.0. The van der Waals surface area contributed by atoms with E-state index in [0.29, 0.717) is 18.3 Å². The van der Waals surface area contributed by atoms with E-state index in [1.165, 1.54) is 0 Å². The first-order chi connectivity index (χ1) is 14.5. The Balaban J connectivity index is 1.62. The molecule has 1 N–H and O–H groups in total. The lowest BCUT2D eigenvalue weighted by Crippen LogP contribution is -2.46. The highest BCUT2D eigenvalue weighted by Gasteiger charge is 2.31. The molecule has 1 aliphatic carbocycles. The van der Waals surface area contributed by atoms with Crippen LogP contribution in [0.1, 0.15) is 50.7 Å². The molecule has 1 fully saturated rings. The van der Waals surface area contributed by atoms with Crippen LogP contribution in [0.15, 0.2) is 60.7 Å². The summed E-state index contributed by atoms with van der Waals surface area (Å²) in [7, 11) is 0. The van der Waals surface area contributed by atoms with Gasteiger partial charge in [0.05, 0.1) is 0 Å². The zero-order valence-electron chi connectivity index (χ0n) is 18.1. The van der Waals surface area contributed by atoms with Gasteiger partial charge in [-0.15, -0.1) is 0 Å². The number of rotatable bonds is 8. The van der Waals surface area contributed by atoms with Gasteiger partial charge < -0.3 is 10.1 Å². The minimum absolute atomic E-state index is 0.0137. The van der Waals surface area contributed by atoms with Gasteiger partial charge in [-0.25, -0.2) is 4.79 Å². The molecule has 4 heteroatoms. The molecule has 1 aliphatic rings. The van der Waals surface area contributed by atoms with Crippen LogP contribution in [0.5, 0.6) is 0 Å². The maximum absolute atomic E-state index is 12.9. The molecule has 0 radical (unpaired) electrons. The lowest BCUT2D eigenvalue weighted by atomic mass is 9.76. The van der Waals surface area contributed by atoms with Gasteiger partial charge in [0.1, 0.15) is 12.6 Å². The van der Waals surface area contributed by atoms with Gasteiger partial charge >= 0.3 is 5.97 Å². The highest BCUT2D eigenvalue weighted by molar-refractivity contribution is 5.86. The van der Waals surface area contributed by atoms with Crippen molar-refractivity contribution in [2.24, 2.45) is 17.8 Å². The molecule has 0 aromatic heterocycles. The first-order valence-electron chi connectivity index (χ1n) is 11.1. The van der Waals surface area contributed by atoms with E-state index >= 15 is 0 Å². The molecule has 2 aromatic carbocycles. The molecule has 2 aromatic rings. The Morgan fingerprint density at radius 1 is 0.900 bits per heavy atom. The minimum atomic E-state index is -0.675. The predicted molar refractivity (Wildman–Crippen MR) is 119 cm³/mol. The standard InChI is InChI=1S/C26H33NO3/c1-19(2)22-13-15-23(16-14-22)25(28)27-24(17-20-9-5-3-6-10-20)26(29)30-18-21-11-7-4-8-12-21/h3-12,19,22-24H,13-18H2,1-2H3,(H,27,28)/t22?,23?,24-/m0/s1. The summed E-state index contributed by atoms with van der Waals surface area (Å²) in [5, 5.41) is 3.00. The number of carbonyl (C=O) groups is 2. The van der Waals surface area contributed by atoms with E-state index in [1.807, 2.05) is 60.7 Å². The van der Waals surface area contributed by atoms with Crippen molar-refractivity contribution in [2.75, 3.05) is 0 Å². The van der Waals surface area contributed by atoms with Gasteiger partial charge in [-0.2, -0.15) is 0 Å². The summed E-state index contributed by atoms with van der Waals surface area (Å²) >= 11 is 0. The molecule has 4 nitrogen and oxygen atoms in total. The van der Waals surface area contributed by atoms with Crippen LogP contribution in [-0.4, -0.2) is 17.9 Å². The van der Waals surface area contributed by atoms with Gasteiger partial charge in [-0.1, -0.05) is 74.5 Å². The number of nitrogens with one attached hydrogen (secondary N) is 1. The first-order valence-corrected chi connectivity index (χ1v) is 11.1. The average Bonchev–Trinajstić information content (AvgIpc) is 2.78. The lowest BCUT2D eigenvalue weighted by molar-refractivity contribution is -0.149. The molecule has 1 atom stereocenters. The summed E-state index contributed by atoms with van der Waals surface area (Å²) in [5.41, 5.74) is 1.94. The van der Waals surface area contributed by atoms with E-state index < -0.39 is 6.04 Å². The number of esters is 1. The van der Waals surface area contributed by atoms with Crippen molar-refractivity contribution in [3.8, 4) is 0 Å². The number of ether oxygens (including phenoxy) is 1. The van der Waals surface area contributed by atoms with E-state index in [2.05, 4.69) is 19.2 Å². The molecular weight excluding hydrogens is 374 g/mol. The van der Waals surface area contributed by atoms with Crippen molar-refractivity contribution < 1.29 is 14.3 Å². The Kier molecular flexibility index (Phi) is 8.06. The second-order valence-electron chi connectivity index (χ2n) is 8.70. The highest BCUT2D eigenvalue weighted by Crippen LogP contribution is 2.33. The molecule has 0 spiro atoms. The molecule has 160 valence electrons. The summed E-state index contributed by atoms with van der Waals surface area (Å²) in [6.07, 6.45) is 4.38. The lowest BCUT2D eigenvalue weighted by Gasteiger charge is -2.31. The molecule has 0 aliphatic heterocycles. The average molecular weight is 408 g/mol. The van der Waals surface area contributed by atoms with E-state index in [1.54, 1.807) is 0 Å². The van der Waals surface area contributed by atoms with Crippen LogP contribution in [0.2, 0.25) is 0 Å². The third kappa shape index (κ3) is 6.45. The maximum Gasteiger partial charge on any atom is 0.329 e. The summed E-state index contributed by atoms with van der Waals surface area (Å²) < 4.78 is 5.55. The minimum Gasteiger partial charge on any atom is -0.459 e. The second-order valence-corrected chi connectivity index (χ2v) is 8.70. The van der Waals surface area contributed by atoms with Crippen molar-refractivity contribution in [3.63, 3.8) is 0 Å². The Morgan fingerprint density at radius 3 is 2.03 bits per heavy atom. The Morgan fingerprint density at radius 2 is 1.47 bits per heavy atom. The van der Waals surface area contributed by atoms with Crippen LogP contribution in [0, 0.1) is 17.8 Å². The van der Waals surface area contributed by atoms with E-state index in [4.69, 9.17) is 4.74 Å². The SMILES string of the molecule is CC(C)C1CCC(C(=O)N[C@@H](Cc2ccccc2)C(=O)OCc2ccccc2)CC1. The van der Waals surface area contributed by atoms with E-state index in [0.717, 1.165) is 36.8 Å². The summed E-state index contributed by atoms with van der Waals surface area (Å²) in [6.45, 7) is 4.72. The fraction of sp³-hybridized carbons (Fsp3) is 0.462. The Bertz CT molecular complexity index is 796. The fourth-order valence-electron chi connectivity index (χ4n) is 4.21. The number of carbonyl (C=O) groups excluding carboxylic acids is 2. The quantitative estimate of drug-likeness (QED) is 0.632. The number of hydrogen-bond acceptors (Lipinski definition) is 3. The van der Waals surface area contributed by atoms with Crippen molar-refractivity contribution in [1.82, 2.24) is 5.32 Å². The molecule has 30 heavy (non-hydrogen) atoms. The molecule has 1 saturated carbocycles. The molecule has 0 heterocycles. The van der Waals surface area contributed by atoms with Gasteiger partial charge in [-0.05, 0) is 48.6 Å². The number of hydrogen-bond donors (Lipinski definition) is 1. The van der Waals surface area contributed by atoms with Crippen molar-refractivity contribution in [3.05, 3.63) is 71.8 Å². The zero-order valence-corrected chi connectivity index (χ0v) is 18.1. The molecular formula is C26H33NO3. The molecule has 0 unspecified atom stereocenters. The Labute approximate surface area is 180 Å². The maximum atomic E-state index is 12.9. The largest absolute Gasteiger partial charge is 0.459 e. The third-order valence-electron chi connectivity index (χ3n) is 6.19. The molecule has 0 saturated heterocycles. The van der Waals surface area contributed by atoms with Crippen LogP contribution in [0.3, 0.4) is 0 Å². The van der Waals surface area contributed by atoms with Crippen LogP contribution in [0.25, 0.3) is 0 Å².